The molecule has 2 heterocycles. The fraction of sp³-hybridized carbons (Fsp3) is 0.100. The van der Waals surface area contributed by atoms with E-state index in [1.165, 1.54) is 0 Å². The highest BCUT2D eigenvalue weighted by molar-refractivity contribution is 6.33. The van der Waals surface area contributed by atoms with E-state index in [2.05, 4.69) is 4.85 Å². The number of benzene rings is 2. The van der Waals surface area contributed by atoms with Crippen molar-refractivity contribution in [2.75, 3.05) is 0 Å². The van der Waals surface area contributed by atoms with Crippen LogP contribution in [0.15, 0.2) is 98.7 Å². The molecule has 0 saturated heterocycles. The molecule has 0 radical (unpaired) electrons. The molecule has 0 bridgehead atoms. The van der Waals surface area contributed by atoms with E-state index in [4.69, 9.17) is 27.3 Å². The number of ether oxygens (including phenoxy) is 1. The second-order valence-corrected chi connectivity index (χ2v) is 8.84. The van der Waals surface area contributed by atoms with Crippen molar-refractivity contribution in [3.05, 3.63) is 117 Å². The zero-order valence-corrected chi connectivity index (χ0v) is 20.2. The Labute approximate surface area is 218 Å². The number of cyclic esters (lactones) is 1. The largest absolute Gasteiger partial charge is 0.489 e. The van der Waals surface area contributed by atoms with Crippen LogP contribution in [0.4, 0.5) is 5.69 Å². The Bertz CT molecular complexity index is 1610. The first-order chi connectivity index (χ1) is 18.0. The molecule has 7 heteroatoms. The van der Waals surface area contributed by atoms with Gasteiger partial charge in [-0.1, -0.05) is 72.3 Å². The Balaban J connectivity index is 1.60. The van der Waals surface area contributed by atoms with Crippen molar-refractivity contribution >= 4 is 34.9 Å². The summed E-state index contributed by atoms with van der Waals surface area (Å²) in [6.07, 6.45) is 5.52. The number of halogens is 1. The first-order valence-corrected chi connectivity index (χ1v) is 11.9. The third-order valence-electron chi connectivity index (χ3n) is 6.21. The molecule has 180 valence electrons. The third-order valence-corrected chi connectivity index (χ3v) is 6.70. The van der Waals surface area contributed by atoms with Gasteiger partial charge in [0.2, 0.25) is 0 Å². The number of allylic oxidation sites excluding steroid dienone is 5. The molecule has 3 aromatic rings. The molecule has 0 atom stereocenters. The normalized spacial score (nSPS) is 17.8. The van der Waals surface area contributed by atoms with Crippen molar-refractivity contribution in [1.82, 2.24) is 0 Å². The van der Waals surface area contributed by atoms with Crippen LogP contribution in [0.5, 0.6) is 5.95 Å². The summed E-state index contributed by atoms with van der Waals surface area (Å²) in [5.41, 5.74) is 3.86. The molecule has 1 aliphatic carbocycles. The number of hydrogen-bond acceptors (Lipinski definition) is 5. The summed E-state index contributed by atoms with van der Waals surface area (Å²) in [6, 6.07) is 20.3. The molecule has 5 rings (SSSR count). The van der Waals surface area contributed by atoms with Gasteiger partial charge in [0.25, 0.3) is 11.6 Å². The minimum atomic E-state index is -0.693. The molecule has 2 aliphatic rings. The number of aromatic hydroxyl groups is 1. The molecular weight excluding hydrogens is 488 g/mol. The zero-order valence-electron chi connectivity index (χ0n) is 19.5. The molecule has 0 saturated carbocycles. The number of esters is 1. The number of hydrogen-bond donors (Lipinski definition) is 1. The molecule has 1 aromatic heterocycles. The Morgan fingerprint density at radius 3 is 2.35 bits per heavy atom. The number of furan rings is 1. The van der Waals surface area contributed by atoms with Crippen LogP contribution in [0.3, 0.4) is 0 Å². The van der Waals surface area contributed by atoms with Gasteiger partial charge in [-0.2, -0.15) is 5.26 Å². The summed E-state index contributed by atoms with van der Waals surface area (Å²) in [5.74, 6) is -0.529. The number of nitrogens with zero attached hydrogens (tertiary/aromatic N) is 2. The van der Waals surface area contributed by atoms with E-state index in [0.29, 0.717) is 40.3 Å². The van der Waals surface area contributed by atoms with Crippen LogP contribution < -0.4 is 0 Å². The zero-order chi connectivity index (χ0) is 25.9. The van der Waals surface area contributed by atoms with Gasteiger partial charge < -0.3 is 14.3 Å². The lowest BCUT2D eigenvalue weighted by atomic mass is 9.91. The van der Waals surface area contributed by atoms with Gasteiger partial charge in [-0.05, 0) is 53.7 Å². The standard InChI is InChI=1S/C30H19ClN2O4/c1-33-28-26(19-11-6-3-7-12-19)24(37-30(28)35)16-21-14-8-13-20(27(21)31)15-23-25(18-9-4-2-5-10-18)22(17-32)29(34)36-23/h2-7,9-12,15-16,35H,8,13-14H2. The Kier molecular flexibility index (Phi) is 6.51. The maximum atomic E-state index is 12.4. The van der Waals surface area contributed by atoms with Crippen LogP contribution in [-0.2, 0) is 9.53 Å². The molecule has 1 aliphatic heterocycles. The molecule has 37 heavy (non-hydrogen) atoms. The van der Waals surface area contributed by atoms with Gasteiger partial charge in [-0.25, -0.2) is 9.64 Å². The topological polar surface area (TPSA) is 87.8 Å². The minimum absolute atomic E-state index is 0.0378. The van der Waals surface area contributed by atoms with Crippen LogP contribution in [-0.4, -0.2) is 11.1 Å². The Hall–Kier alpha value is -4.78. The van der Waals surface area contributed by atoms with Gasteiger partial charge in [0.1, 0.15) is 23.2 Å². The van der Waals surface area contributed by atoms with E-state index < -0.39 is 11.9 Å². The summed E-state index contributed by atoms with van der Waals surface area (Å²) in [6.45, 7) is 7.52. The lowest BCUT2D eigenvalue weighted by molar-refractivity contribution is -0.132. The minimum Gasteiger partial charge on any atom is -0.489 e. The fourth-order valence-electron chi connectivity index (χ4n) is 4.52. The van der Waals surface area contributed by atoms with Gasteiger partial charge in [-0.15, -0.1) is 0 Å². The van der Waals surface area contributed by atoms with Crippen molar-refractivity contribution in [2.45, 2.75) is 19.3 Å². The van der Waals surface area contributed by atoms with Crippen LogP contribution >= 0.6 is 11.6 Å². The summed E-state index contributed by atoms with van der Waals surface area (Å²) in [4.78, 5) is 15.9. The van der Waals surface area contributed by atoms with Crippen LogP contribution in [0.1, 0.15) is 30.6 Å². The summed E-state index contributed by atoms with van der Waals surface area (Å²) >= 11 is 6.84. The predicted molar refractivity (Wildman–Crippen MR) is 140 cm³/mol. The van der Waals surface area contributed by atoms with Crippen molar-refractivity contribution in [1.29, 1.82) is 5.26 Å². The number of nitriles is 1. The maximum Gasteiger partial charge on any atom is 0.355 e. The third kappa shape index (κ3) is 4.47. The first kappa shape index (κ1) is 23.9. The SMILES string of the molecule is [C-]#[N+]c1c(O)oc(C=C2CCCC(C=C3OC(=O)C(C#N)=C3c3ccccc3)=C2Cl)c1-c1ccccc1. The van der Waals surface area contributed by atoms with Gasteiger partial charge in [0.05, 0.1) is 6.57 Å². The summed E-state index contributed by atoms with van der Waals surface area (Å²) < 4.78 is 11.1. The molecule has 0 unspecified atom stereocenters. The summed E-state index contributed by atoms with van der Waals surface area (Å²) in [5, 5.41) is 20.3. The molecule has 2 aromatic carbocycles. The van der Waals surface area contributed by atoms with Crippen LogP contribution in [0, 0.1) is 17.9 Å². The van der Waals surface area contributed by atoms with Crippen molar-refractivity contribution in [3.8, 4) is 23.1 Å². The van der Waals surface area contributed by atoms with E-state index in [1.54, 1.807) is 12.2 Å². The van der Waals surface area contributed by atoms with Crippen LogP contribution in [0.2, 0.25) is 0 Å². The van der Waals surface area contributed by atoms with E-state index in [1.807, 2.05) is 66.7 Å². The van der Waals surface area contributed by atoms with Crippen LogP contribution in [0.25, 0.3) is 27.6 Å². The first-order valence-electron chi connectivity index (χ1n) is 11.5. The second-order valence-electron chi connectivity index (χ2n) is 8.46. The van der Waals surface area contributed by atoms with Gasteiger partial charge in [0, 0.05) is 16.2 Å². The van der Waals surface area contributed by atoms with Crippen molar-refractivity contribution < 1.29 is 19.1 Å². The average Bonchev–Trinajstić information content (AvgIpc) is 3.41. The Morgan fingerprint density at radius 2 is 1.70 bits per heavy atom. The molecular formula is C30H19ClN2O4. The van der Waals surface area contributed by atoms with E-state index >= 15 is 0 Å². The quantitative estimate of drug-likeness (QED) is 0.289. The smallest absolute Gasteiger partial charge is 0.355 e. The highest BCUT2D eigenvalue weighted by Gasteiger charge is 2.32. The molecule has 0 spiro atoms. The lowest BCUT2D eigenvalue weighted by Gasteiger charge is -2.18. The Morgan fingerprint density at radius 1 is 1.03 bits per heavy atom. The average molecular weight is 507 g/mol. The number of carbonyl (C=O) groups is 1. The molecule has 0 fully saturated rings. The molecule has 0 amide bonds. The maximum absolute atomic E-state index is 12.4. The van der Waals surface area contributed by atoms with Gasteiger partial charge in [-0.3, -0.25) is 0 Å². The highest BCUT2D eigenvalue weighted by Crippen LogP contribution is 2.46. The summed E-state index contributed by atoms with van der Waals surface area (Å²) in [7, 11) is 0. The van der Waals surface area contributed by atoms with E-state index in [0.717, 1.165) is 23.1 Å². The second kappa shape index (κ2) is 10.1. The van der Waals surface area contributed by atoms with E-state index in [-0.39, 0.29) is 17.0 Å². The molecule has 6 nitrogen and oxygen atoms in total. The van der Waals surface area contributed by atoms with Gasteiger partial charge in [0.15, 0.2) is 0 Å². The van der Waals surface area contributed by atoms with Crippen molar-refractivity contribution in [3.63, 3.8) is 0 Å². The van der Waals surface area contributed by atoms with Crippen molar-refractivity contribution in [2.24, 2.45) is 0 Å². The van der Waals surface area contributed by atoms with E-state index in [9.17, 15) is 15.2 Å². The fourth-order valence-corrected chi connectivity index (χ4v) is 4.82. The van der Waals surface area contributed by atoms with Gasteiger partial charge >= 0.3 is 5.97 Å². The number of carbonyl (C=O) groups excluding carboxylic acids is 1. The monoisotopic (exact) mass is 506 g/mol. The number of rotatable bonds is 4. The molecule has 1 N–H and O–H groups in total. The highest BCUT2D eigenvalue weighted by atomic mass is 35.5. The lowest BCUT2D eigenvalue weighted by Crippen LogP contribution is -2.00. The predicted octanol–water partition coefficient (Wildman–Crippen LogP) is 7.68.